The number of benzene rings is 1. The van der Waals surface area contributed by atoms with E-state index in [4.69, 9.17) is 10.8 Å². The first-order valence-electron chi connectivity index (χ1n) is 6.23. The van der Waals surface area contributed by atoms with Crippen molar-refractivity contribution in [2.45, 2.75) is 19.8 Å². The van der Waals surface area contributed by atoms with Crippen LogP contribution in [0.25, 0.3) is 0 Å². The summed E-state index contributed by atoms with van der Waals surface area (Å²) in [6, 6.07) is 3.82. The van der Waals surface area contributed by atoms with Crippen LogP contribution < -0.4 is 16.0 Å². The summed E-state index contributed by atoms with van der Waals surface area (Å²) in [5.41, 5.74) is 9.50. The largest absolute Gasteiger partial charge is 0.397 e. The van der Waals surface area contributed by atoms with Gasteiger partial charge in [0.25, 0.3) is 0 Å². The van der Waals surface area contributed by atoms with Crippen molar-refractivity contribution in [3.63, 3.8) is 0 Å². The van der Waals surface area contributed by atoms with Crippen LogP contribution >= 0.6 is 0 Å². The molecule has 0 aliphatic carbocycles. The molecule has 1 aromatic carbocycles. The molecule has 0 saturated heterocycles. The highest BCUT2D eigenvalue weighted by Crippen LogP contribution is 2.33. The molecule has 5 nitrogen and oxygen atoms in total. The first-order valence-corrected chi connectivity index (χ1v) is 6.23. The Morgan fingerprint density at radius 1 is 1.44 bits per heavy atom. The molecule has 0 saturated carbocycles. The zero-order valence-electron chi connectivity index (χ0n) is 10.6. The molecule has 0 fully saturated rings. The highest BCUT2D eigenvalue weighted by Gasteiger charge is 2.18. The number of carbonyl (C=O) groups excluding carboxylic acids is 1. The van der Waals surface area contributed by atoms with Crippen molar-refractivity contribution in [3.8, 4) is 0 Å². The minimum atomic E-state index is 0.0392. The molecule has 0 spiro atoms. The average molecular weight is 249 g/mol. The molecule has 2 rings (SSSR count). The van der Waals surface area contributed by atoms with E-state index >= 15 is 0 Å². The monoisotopic (exact) mass is 249 g/mol. The van der Waals surface area contributed by atoms with E-state index in [1.807, 2.05) is 24.0 Å². The van der Waals surface area contributed by atoms with E-state index in [0.29, 0.717) is 18.7 Å². The van der Waals surface area contributed by atoms with Gasteiger partial charge in [0.1, 0.15) is 0 Å². The normalized spacial score (nSPS) is 14.0. The Kier molecular flexibility index (Phi) is 3.72. The first kappa shape index (κ1) is 12.7. The lowest BCUT2D eigenvalue weighted by molar-refractivity contribution is -0.116. The summed E-state index contributed by atoms with van der Waals surface area (Å²) >= 11 is 0. The molecular weight excluding hydrogens is 230 g/mol. The molecule has 4 N–H and O–H groups in total. The third-order valence-electron chi connectivity index (χ3n) is 3.24. The number of hydrogen-bond donors (Lipinski definition) is 3. The van der Waals surface area contributed by atoms with E-state index in [1.54, 1.807) is 0 Å². The third kappa shape index (κ3) is 2.41. The summed E-state index contributed by atoms with van der Waals surface area (Å²) < 4.78 is 0. The molecule has 0 radical (unpaired) electrons. The molecule has 1 heterocycles. The standard InChI is InChI=1S/C13H19N3O2/c1-2-16(5-6-17)12-7-9-3-4-13(18)15-11(9)8-10(12)14/h7-8,17H,2-6,14H2,1H3,(H,15,18). The summed E-state index contributed by atoms with van der Waals surface area (Å²) in [5.74, 6) is 0.0392. The smallest absolute Gasteiger partial charge is 0.224 e. The number of aliphatic hydroxyl groups excluding tert-OH is 1. The molecule has 1 aliphatic heterocycles. The van der Waals surface area contributed by atoms with Crippen molar-refractivity contribution in [1.82, 2.24) is 0 Å². The van der Waals surface area contributed by atoms with Crippen molar-refractivity contribution in [1.29, 1.82) is 0 Å². The fraction of sp³-hybridized carbons (Fsp3) is 0.462. The lowest BCUT2D eigenvalue weighted by Gasteiger charge is -2.26. The minimum Gasteiger partial charge on any atom is -0.397 e. The third-order valence-corrected chi connectivity index (χ3v) is 3.24. The number of aryl methyl sites for hydroxylation is 1. The maximum absolute atomic E-state index is 11.3. The van der Waals surface area contributed by atoms with Crippen LogP contribution in [0, 0.1) is 0 Å². The van der Waals surface area contributed by atoms with Crippen molar-refractivity contribution in [2.75, 3.05) is 35.6 Å². The van der Waals surface area contributed by atoms with Crippen LogP contribution in [0.15, 0.2) is 12.1 Å². The molecule has 5 heteroatoms. The SMILES string of the molecule is CCN(CCO)c1cc2c(cc1N)NC(=O)CC2. The molecule has 1 amide bonds. The Morgan fingerprint density at radius 3 is 2.89 bits per heavy atom. The minimum absolute atomic E-state index is 0.0392. The van der Waals surface area contributed by atoms with Gasteiger partial charge in [-0.3, -0.25) is 4.79 Å². The van der Waals surface area contributed by atoms with E-state index in [2.05, 4.69) is 5.32 Å². The van der Waals surface area contributed by atoms with Crippen LogP contribution in [0.3, 0.4) is 0 Å². The fourth-order valence-electron chi connectivity index (χ4n) is 2.28. The molecule has 98 valence electrons. The van der Waals surface area contributed by atoms with E-state index in [9.17, 15) is 4.79 Å². The molecule has 1 aliphatic rings. The number of nitrogen functional groups attached to an aromatic ring is 1. The van der Waals surface area contributed by atoms with Gasteiger partial charge in [-0.25, -0.2) is 0 Å². The van der Waals surface area contributed by atoms with Crippen molar-refractivity contribution >= 4 is 23.0 Å². The van der Waals surface area contributed by atoms with E-state index < -0.39 is 0 Å². The van der Waals surface area contributed by atoms with Crippen LogP contribution in [0.1, 0.15) is 18.9 Å². The van der Waals surface area contributed by atoms with Gasteiger partial charge in [0, 0.05) is 25.2 Å². The predicted molar refractivity (Wildman–Crippen MR) is 72.8 cm³/mol. The van der Waals surface area contributed by atoms with Gasteiger partial charge in [0.05, 0.1) is 18.0 Å². The zero-order chi connectivity index (χ0) is 13.1. The van der Waals surface area contributed by atoms with E-state index in [1.165, 1.54) is 0 Å². The average Bonchev–Trinajstić information content (AvgIpc) is 2.35. The molecule has 1 aromatic rings. The van der Waals surface area contributed by atoms with Crippen LogP contribution in [0.4, 0.5) is 17.1 Å². The molecule has 0 aromatic heterocycles. The van der Waals surface area contributed by atoms with Gasteiger partial charge in [-0.2, -0.15) is 0 Å². The Morgan fingerprint density at radius 2 is 2.22 bits per heavy atom. The lowest BCUT2D eigenvalue weighted by Crippen LogP contribution is -2.28. The number of aliphatic hydroxyl groups is 1. The second kappa shape index (κ2) is 5.27. The van der Waals surface area contributed by atoms with Crippen LogP contribution in [0.2, 0.25) is 0 Å². The Bertz CT molecular complexity index is 460. The number of anilines is 3. The van der Waals surface area contributed by atoms with Crippen LogP contribution in [-0.2, 0) is 11.2 Å². The molecule has 0 bridgehead atoms. The van der Waals surface area contributed by atoms with Gasteiger partial charge in [-0.05, 0) is 31.0 Å². The van der Waals surface area contributed by atoms with Gasteiger partial charge in [-0.1, -0.05) is 0 Å². The Hall–Kier alpha value is -1.75. The quantitative estimate of drug-likeness (QED) is 0.695. The number of hydrogen-bond acceptors (Lipinski definition) is 4. The summed E-state index contributed by atoms with van der Waals surface area (Å²) in [6.07, 6.45) is 1.26. The van der Waals surface area contributed by atoms with Gasteiger partial charge >= 0.3 is 0 Å². The van der Waals surface area contributed by atoms with Crippen molar-refractivity contribution < 1.29 is 9.90 Å². The second-order valence-electron chi connectivity index (χ2n) is 4.42. The topological polar surface area (TPSA) is 78.6 Å². The van der Waals surface area contributed by atoms with Crippen molar-refractivity contribution in [3.05, 3.63) is 17.7 Å². The van der Waals surface area contributed by atoms with Crippen molar-refractivity contribution in [2.24, 2.45) is 0 Å². The Labute approximate surface area is 107 Å². The number of carbonyl (C=O) groups is 1. The maximum Gasteiger partial charge on any atom is 0.224 e. The van der Waals surface area contributed by atoms with Gasteiger partial charge in [0.2, 0.25) is 5.91 Å². The molecular formula is C13H19N3O2. The maximum atomic E-state index is 11.3. The number of rotatable bonds is 4. The summed E-state index contributed by atoms with van der Waals surface area (Å²) in [5, 5.41) is 11.9. The zero-order valence-corrected chi connectivity index (χ0v) is 10.6. The molecule has 0 atom stereocenters. The van der Waals surface area contributed by atoms with Gasteiger partial charge in [0.15, 0.2) is 0 Å². The highest BCUT2D eigenvalue weighted by atomic mass is 16.3. The van der Waals surface area contributed by atoms with E-state index in [-0.39, 0.29) is 12.5 Å². The summed E-state index contributed by atoms with van der Waals surface area (Å²) in [4.78, 5) is 13.4. The number of fused-ring (bicyclic) bond motifs is 1. The molecule has 0 unspecified atom stereocenters. The number of nitrogens with two attached hydrogens (primary N) is 1. The number of nitrogens with one attached hydrogen (secondary N) is 1. The molecule has 18 heavy (non-hydrogen) atoms. The van der Waals surface area contributed by atoms with Gasteiger partial charge < -0.3 is 21.1 Å². The second-order valence-corrected chi connectivity index (χ2v) is 4.42. The number of likely N-dealkylation sites (N-methyl/N-ethyl adjacent to an activating group) is 1. The van der Waals surface area contributed by atoms with E-state index in [0.717, 1.165) is 29.9 Å². The number of amides is 1. The fourth-order valence-corrected chi connectivity index (χ4v) is 2.28. The predicted octanol–water partition coefficient (Wildman–Crippen LogP) is 0.972. The van der Waals surface area contributed by atoms with Crippen LogP contribution in [-0.4, -0.2) is 30.7 Å². The Balaban J connectivity index is 2.35. The first-order chi connectivity index (χ1) is 8.65. The lowest BCUT2D eigenvalue weighted by atomic mass is 10.0. The summed E-state index contributed by atoms with van der Waals surface area (Å²) in [7, 11) is 0. The van der Waals surface area contributed by atoms with Crippen LogP contribution in [0.5, 0.6) is 0 Å². The van der Waals surface area contributed by atoms with Gasteiger partial charge in [-0.15, -0.1) is 0 Å². The summed E-state index contributed by atoms with van der Waals surface area (Å²) in [6.45, 7) is 3.47. The highest BCUT2D eigenvalue weighted by molar-refractivity contribution is 5.95. The number of nitrogens with zero attached hydrogens (tertiary/aromatic N) is 1.